The molecule has 0 spiro atoms. The topological polar surface area (TPSA) is 59.3 Å². The molecule has 1 aromatic heterocycles. The van der Waals surface area contributed by atoms with Crippen LogP contribution in [0.5, 0.6) is 0 Å². The van der Waals surface area contributed by atoms with Crippen molar-refractivity contribution in [1.29, 1.82) is 0 Å². The number of pyridine rings is 1. The molecule has 0 bridgehead atoms. The summed E-state index contributed by atoms with van der Waals surface area (Å²) in [7, 11) is 0. The third-order valence-corrected chi connectivity index (χ3v) is 4.13. The fourth-order valence-corrected chi connectivity index (χ4v) is 3.18. The molecule has 1 heterocycles. The third kappa shape index (κ3) is 2.55. The molecule has 4 nitrogen and oxygen atoms in total. The molecule has 0 saturated carbocycles. The van der Waals surface area contributed by atoms with Gasteiger partial charge in [0.15, 0.2) is 0 Å². The van der Waals surface area contributed by atoms with Crippen LogP contribution in [-0.2, 0) is 5.33 Å². The minimum absolute atomic E-state index is 0.0290. The number of hydrogen-bond acceptors (Lipinski definition) is 2. The number of carbonyl (C=O) groups is 1. The second-order valence-corrected chi connectivity index (χ2v) is 5.49. The van der Waals surface area contributed by atoms with Crippen molar-refractivity contribution >= 4 is 32.7 Å². The second kappa shape index (κ2) is 5.96. The number of alkyl halides is 1. The van der Waals surface area contributed by atoms with Crippen LogP contribution in [0.4, 0.5) is 4.39 Å². The first-order valence-corrected chi connectivity index (χ1v) is 7.88. The molecule has 0 saturated heterocycles. The van der Waals surface area contributed by atoms with E-state index in [4.69, 9.17) is 0 Å². The molecule has 3 aromatic rings. The number of aromatic nitrogens is 1. The van der Waals surface area contributed by atoms with E-state index < -0.39 is 11.8 Å². The molecule has 3 rings (SSSR count). The lowest BCUT2D eigenvalue weighted by Crippen LogP contribution is -2.25. The lowest BCUT2D eigenvalue weighted by Gasteiger charge is -2.16. The zero-order valence-electron chi connectivity index (χ0n) is 11.8. The zero-order chi connectivity index (χ0) is 16.6. The highest BCUT2D eigenvalue weighted by molar-refractivity contribution is 9.08. The van der Waals surface area contributed by atoms with Crippen LogP contribution < -0.4 is 5.56 Å². The van der Waals surface area contributed by atoms with E-state index in [2.05, 4.69) is 15.9 Å². The molecule has 0 amide bonds. The Morgan fingerprint density at radius 1 is 1.13 bits per heavy atom. The van der Waals surface area contributed by atoms with Crippen molar-refractivity contribution in [2.24, 2.45) is 0 Å². The Balaban J connectivity index is 2.54. The van der Waals surface area contributed by atoms with E-state index in [1.54, 1.807) is 30.3 Å². The molecule has 0 aliphatic heterocycles. The predicted molar refractivity (Wildman–Crippen MR) is 89.1 cm³/mol. The van der Waals surface area contributed by atoms with Crippen LogP contribution in [0.1, 0.15) is 16.1 Å². The normalized spacial score (nSPS) is 10.9. The van der Waals surface area contributed by atoms with Gasteiger partial charge in [-0.15, -0.1) is 0 Å². The molecule has 2 aromatic carbocycles. The Morgan fingerprint density at radius 3 is 2.43 bits per heavy atom. The lowest BCUT2D eigenvalue weighted by atomic mass is 10.0. The van der Waals surface area contributed by atoms with E-state index >= 15 is 0 Å². The van der Waals surface area contributed by atoms with Crippen LogP contribution in [0.2, 0.25) is 0 Å². The van der Waals surface area contributed by atoms with Gasteiger partial charge in [0.1, 0.15) is 5.82 Å². The molecule has 0 fully saturated rings. The average molecular weight is 376 g/mol. The van der Waals surface area contributed by atoms with Gasteiger partial charge in [0.2, 0.25) is 0 Å². The van der Waals surface area contributed by atoms with Crippen molar-refractivity contribution in [2.75, 3.05) is 0 Å². The number of fused-ring (bicyclic) bond motifs is 1. The molecular formula is C17H11BrFNO3. The maximum absolute atomic E-state index is 13.5. The minimum atomic E-state index is -1.14. The lowest BCUT2D eigenvalue weighted by molar-refractivity contribution is 0.0697. The van der Waals surface area contributed by atoms with Crippen LogP contribution in [0.15, 0.2) is 53.3 Å². The van der Waals surface area contributed by atoms with Gasteiger partial charge in [-0.3, -0.25) is 9.36 Å². The van der Waals surface area contributed by atoms with Crippen LogP contribution in [0.3, 0.4) is 0 Å². The summed E-state index contributed by atoms with van der Waals surface area (Å²) in [5, 5.41) is 10.4. The summed E-state index contributed by atoms with van der Waals surface area (Å²) in [6.07, 6.45) is 0. The van der Waals surface area contributed by atoms with E-state index in [0.717, 1.165) is 0 Å². The number of benzene rings is 2. The maximum atomic E-state index is 13.5. The van der Waals surface area contributed by atoms with Crippen LogP contribution in [0.25, 0.3) is 16.5 Å². The van der Waals surface area contributed by atoms with Crippen molar-refractivity contribution in [3.8, 4) is 5.69 Å². The maximum Gasteiger partial charge on any atom is 0.338 e. The van der Waals surface area contributed by atoms with Gasteiger partial charge in [-0.2, -0.15) is 0 Å². The average Bonchev–Trinajstić information content (AvgIpc) is 2.54. The number of aromatic carboxylic acids is 1. The molecule has 0 unspecified atom stereocenters. The van der Waals surface area contributed by atoms with Crippen LogP contribution in [-0.4, -0.2) is 15.6 Å². The highest BCUT2D eigenvalue weighted by Gasteiger charge is 2.21. The van der Waals surface area contributed by atoms with Crippen molar-refractivity contribution in [1.82, 2.24) is 4.57 Å². The molecule has 6 heteroatoms. The van der Waals surface area contributed by atoms with Gasteiger partial charge < -0.3 is 5.11 Å². The van der Waals surface area contributed by atoms with E-state index in [1.165, 1.54) is 22.8 Å². The SMILES string of the molecule is O=C(O)c1c(CBr)n(-c2cccc(F)c2)c(=O)c2ccccc12. The van der Waals surface area contributed by atoms with Crippen LogP contribution in [0, 0.1) is 5.82 Å². The zero-order valence-corrected chi connectivity index (χ0v) is 13.4. The fourth-order valence-electron chi connectivity index (χ4n) is 2.65. The molecule has 0 aliphatic rings. The van der Waals surface area contributed by atoms with Crippen LogP contribution >= 0.6 is 15.9 Å². The van der Waals surface area contributed by atoms with Crippen molar-refractivity contribution in [3.63, 3.8) is 0 Å². The summed E-state index contributed by atoms with van der Waals surface area (Å²) in [5.74, 6) is -1.64. The highest BCUT2D eigenvalue weighted by Crippen LogP contribution is 2.24. The first kappa shape index (κ1) is 15.4. The number of halogens is 2. The summed E-state index contributed by atoms with van der Waals surface area (Å²) in [6, 6.07) is 12.0. The summed E-state index contributed by atoms with van der Waals surface area (Å²) in [5.41, 5.74) is 0.205. The van der Waals surface area contributed by atoms with Gasteiger partial charge in [-0.05, 0) is 24.3 Å². The van der Waals surface area contributed by atoms with Gasteiger partial charge in [0.05, 0.1) is 16.9 Å². The molecule has 0 radical (unpaired) electrons. The Bertz CT molecular complexity index is 981. The number of rotatable bonds is 3. The standard InChI is InChI=1S/C17H11BrFNO3/c18-9-14-15(17(22)23)12-6-1-2-7-13(12)16(21)20(14)11-5-3-4-10(19)8-11/h1-8H,9H2,(H,22,23). The van der Waals surface area contributed by atoms with Gasteiger partial charge in [-0.1, -0.05) is 40.2 Å². The summed E-state index contributed by atoms with van der Waals surface area (Å²) in [4.78, 5) is 24.6. The summed E-state index contributed by atoms with van der Waals surface area (Å²) >= 11 is 3.25. The van der Waals surface area contributed by atoms with E-state index in [9.17, 15) is 19.1 Å². The first-order chi connectivity index (χ1) is 11.0. The van der Waals surface area contributed by atoms with Gasteiger partial charge in [0.25, 0.3) is 5.56 Å². The van der Waals surface area contributed by atoms with E-state index in [-0.39, 0.29) is 33.2 Å². The Labute approximate surface area is 138 Å². The predicted octanol–water partition coefficient (Wildman–Crippen LogP) is 3.72. The van der Waals surface area contributed by atoms with Gasteiger partial charge in [0, 0.05) is 16.1 Å². The first-order valence-electron chi connectivity index (χ1n) is 6.76. The minimum Gasteiger partial charge on any atom is -0.478 e. The Hall–Kier alpha value is -2.47. The molecule has 23 heavy (non-hydrogen) atoms. The number of hydrogen-bond donors (Lipinski definition) is 1. The summed E-state index contributed by atoms with van der Waals surface area (Å²) < 4.78 is 14.8. The fraction of sp³-hybridized carbons (Fsp3) is 0.0588. The molecule has 0 atom stereocenters. The van der Waals surface area contributed by atoms with Crippen molar-refractivity contribution in [2.45, 2.75) is 5.33 Å². The van der Waals surface area contributed by atoms with E-state index in [1.807, 2.05) is 0 Å². The quantitative estimate of drug-likeness (QED) is 0.709. The molecular weight excluding hydrogens is 365 g/mol. The highest BCUT2D eigenvalue weighted by atomic mass is 79.9. The van der Waals surface area contributed by atoms with Gasteiger partial charge in [-0.25, -0.2) is 9.18 Å². The number of carboxylic acids is 1. The van der Waals surface area contributed by atoms with E-state index in [0.29, 0.717) is 5.39 Å². The Kier molecular flexibility index (Phi) is 4.00. The molecule has 0 aliphatic carbocycles. The summed E-state index contributed by atoms with van der Waals surface area (Å²) in [6.45, 7) is 0. The van der Waals surface area contributed by atoms with Crippen molar-refractivity contribution in [3.05, 3.63) is 76.0 Å². The van der Waals surface area contributed by atoms with Crippen molar-refractivity contribution < 1.29 is 14.3 Å². The number of nitrogens with zero attached hydrogens (tertiary/aromatic N) is 1. The smallest absolute Gasteiger partial charge is 0.338 e. The number of carboxylic acid groups (broad SMARTS) is 1. The molecule has 1 N–H and O–H groups in total. The largest absolute Gasteiger partial charge is 0.478 e. The van der Waals surface area contributed by atoms with Gasteiger partial charge >= 0.3 is 5.97 Å². The molecule has 116 valence electrons. The Morgan fingerprint density at radius 2 is 1.83 bits per heavy atom. The monoisotopic (exact) mass is 375 g/mol. The second-order valence-electron chi connectivity index (χ2n) is 4.93. The third-order valence-electron chi connectivity index (χ3n) is 3.60.